The Kier molecular flexibility index (Phi) is 7.12. The first-order chi connectivity index (χ1) is 12.6. The fourth-order valence-electron chi connectivity index (χ4n) is 2.10. The molecule has 0 aliphatic carbocycles. The molecule has 0 unspecified atom stereocenters. The minimum Gasteiger partial charge on any atom is -0.463 e. The third-order valence-electron chi connectivity index (χ3n) is 3.37. The molecule has 0 fully saturated rings. The summed E-state index contributed by atoms with van der Waals surface area (Å²) in [5.41, 5.74) is 2.02. The molecule has 0 atom stereocenters. The standard InChI is InChI=1S/C20H20N2O4/c1-2-26-19(24)13-12-18(23)22-17-10-8-16(9-11-17)20(25)21-14-15-6-4-3-5-7-15/h3-13H,2,14H2,1H3,(H,21,25)(H,22,23)/b13-12+. The summed E-state index contributed by atoms with van der Waals surface area (Å²) in [6, 6.07) is 16.1. The summed E-state index contributed by atoms with van der Waals surface area (Å²) in [6.45, 7) is 2.37. The van der Waals surface area contributed by atoms with Crippen molar-refractivity contribution in [2.24, 2.45) is 0 Å². The maximum absolute atomic E-state index is 12.1. The van der Waals surface area contributed by atoms with Crippen molar-refractivity contribution in [3.63, 3.8) is 0 Å². The molecule has 2 rings (SSSR count). The van der Waals surface area contributed by atoms with E-state index >= 15 is 0 Å². The van der Waals surface area contributed by atoms with Crippen LogP contribution in [0.25, 0.3) is 0 Å². The second-order valence-corrected chi connectivity index (χ2v) is 5.32. The zero-order valence-corrected chi connectivity index (χ0v) is 14.4. The topological polar surface area (TPSA) is 84.5 Å². The van der Waals surface area contributed by atoms with Crippen molar-refractivity contribution in [1.29, 1.82) is 0 Å². The van der Waals surface area contributed by atoms with Crippen LogP contribution in [0.15, 0.2) is 66.7 Å². The SMILES string of the molecule is CCOC(=O)/C=C/C(=O)Nc1ccc(C(=O)NCc2ccccc2)cc1. The number of amides is 2. The van der Waals surface area contributed by atoms with Crippen LogP contribution in [0.3, 0.4) is 0 Å². The highest BCUT2D eigenvalue weighted by molar-refractivity contribution is 6.03. The van der Waals surface area contributed by atoms with Crippen molar-refractivity contribution in [3.8, 4) is 0 Å². The number of hydrogen-bond acceptors (Lipinski definition) is 4. The van der Waals surface area contributed by atoms with Gasteiger partial charge in [0.25, 0.3) is 5.91 Å². The van der Waals surface area contributed by atoms with Crippen LogP contribution in [0.1, 0.15) is 22.8 Å². The van der Waals surface area contributed by atoms with Crippen molar-refractivity contribution < 1.29 is 19.1 Å². The van der Waals surface area contributed by atoms with Crippen LogP contribution in [-0.4, -0.2) is 24.4 Å². The molecule has 2 N–H and O–H groups in total. The number of ether oxygens (including phenoxy) is 1. The first-order valence-corrected chi connectivity index (χ1v) is 8.16. The van der Waals surface area contributed by atoms with Gasteiger partial charge in [-0.25, -0.2) is 4.79 Å². The van der Waals surface area contributed by atoms with E-state index in [1.807, 2.05) is 30.3 Å². The molecule has 6 nitrogen and oxygen atoms in total. The van der Waals surface area contributed by atoms with Crippen LogP contribution in [-0.2, 0) is 20.9 Å². The van der Waals surface area contributed by atoms with Gasteiger partial charge >= 0.3 is 5.97 Å². The summed E-state index contributed by atoms with van der Waals surface area (Å²) >= 11 is 0. The van der Waals surface area contributed by atoms with Gasteiger partial charge in [0, 0.05) is 29.9 Å². The molecule has 2 amide bonds. The molecule has 6 heteroatoms. The molecule has 26 heavy (non-hydrogen) atoms. The number of rotatable bonds is 7. The molecular weight excluding hydrogens is 332 g/mol. The lowest BCUT2D eigenvalue weighted by molar-refractivity contribution is -0.137. The number of hydrogen-bond donors (Lipinski definition) is 2. The maximum Gasteiger partial charge on any atom is 0.330 e. The van der Waals surface area contributed by atoms with E-state index in [4.69, 9.17) is 0 Å². The summed E-state index contributed by atoms with van der Waals surface area (Å²) in [6.07, 6.45) is 2.16. The van der Waals surface area contributed by atoms with Crippen molar-refractivity contribution in [2.75, 3.05) is 11.9 Å². The van der Waals surface area contributed by atoms with Crippen LogP contribution in [0, 0.1) is 0 Å². The summed E-state index contributed by atoms with van der Waals surface area (Å²) in [7, 11) is 0. The molecule has 0 aliphatic rings. The Hall–Kier alpha value is -3.41. The smallest absolute Gasteiger partial charge is 0.330 e. The Morgan fingerprint density at radius 1 is 0.962 bits per heavy atom. The molecule has 0 spiro atoms. The Bertz CT molecular complexity index is 783. The minimum absolute atomic E-state index is 0.200. The van der Waals surface area contributed by atoms with E-state index in [0.717, 1.165) is 17.7 Å². The number of benzene rings is 2. The van der Waals surface area contributed by atoms with Gasteiger partial charge in [-0.05, 0) is 36.8 Å². The van der Waals surface area contributed by atoms with E-state index < -0.39 is 11.9 Å². The van der Waals surface area contributed by atoms with E-state index in [2.05, 4.69) is 15.4 Å². The highest BCUT2D eigenvalue weighted by atomic mass is 16.5. The quantitative estimate of drug-likeness (QED) is 0.593. The van der Waals surface area contributed by atoms with Gasteiger partial charge in [0.05, 0.1) is 6.61 Å². The lowest BCUT2D eigenvalue weighted by Crippen LogP contribution is -2.22. The minimum atomic E-state index is -0.576. The third kappa shape index (κ3) is 6.24. The molecule has 0 bridgehead atoms. The van der Waals surface area contributed by atoms with E-state index in [-0.39, 0.29) is 12.5 Å². The molecule has 0 aliphatic heterocycles. The fraction of sp³-hybridized carbons (Fsp3) is 0.150. The first kappa shape index (κ1) is 18.9. The predicted molar refractivity (Wildman–Crippen MR) is 98.5 cm³/mol. The monoisotopic (exact) mass is 352 g/mol. The fourth-order valence-corrected chi connectivity index (χ4v) is 2.10. The average Bonchev–Trinajstić information content (AvgIpc) is 2.66. The molecule has 0 heterocycles. The summed E-state index contributed by atoms with van der Waals surface area (Å²) < 4.78 is 4.69. The van der Waals surface area contributed by atoms with E-state index in [1.165, 1.54) is 0 Å². The molecular formula is C20H20N2O4. The molecule has 2 aromatic carbocycles. The summed E-state index contributed by atoms with van der Waals surface area (Å²) in [4.78, 5) is 35.0. The summed E-state index contributed by atoms with van der Waals surface area (Å²) in [5, 5.41) is 5.43. The van der Waals surface area contributed by atoms with Gasteiger partial charge in [-0.3, -0.25) is 9.59 Å². The number of esters is 1. The van der Waals surface area contributed by atoms with Crippen molar-refractivity contribution >= 4 is 23.5 Å². The van der Waals surface area contributed by atoms with Crippen molar-refractivity contribution in [3.05, 3.63) is 77.9 Å². The lowest BCUT2D eigenvalue weighted by Gasteiger charge is -2.07. The molecule has 134 valence electrons. The van der Waals surface area contributed by atoms with Gasteiger partial charge in [0.1, 0.15) is 0 Å². The van der Waals surface area contributed by atoms with E-state index in [9.17, 15) is 14.4 Å². The normalized spacial score (nSPS) is 10.3. The van der Waals surface area contributed by atoms with Gasteiger partial charge in [-0.2, -0.15) is 0 Å². The summed E-state index contributed by atoms with van der Waals surface area (Å²) in [5.74, 6) is -1.23. The third-order valence-corrected chi connectivity index (χ3v) is 3.37. The maximum atomic E-state index is 12.1. The number of carbonyl (C=O) groups excluding carboxylic acids is 3. The molecule has 0 saturated carbocycles. The van der Waals surface area contributed by atoms with Gasteiger partial charge in [0.15, 0.2) is 0 Å². The van der Waals surface area contributed by atoms with Crippen molar-refractivity contribution in [1.82, 2.24) is 5.32 Å². The predicted octanol–water partition coefficient (Wildman–Crippen LogP) is 2.67. The van der Waals surface area contributed by atoms with Crippen LogP contribution in [0.2, 0.25) is 0 Å². The molecule has 0 saturated heterocycles. The first-order valence-electron chi connectivity index (χ1n) is 8.16. The van der Waals surface area contributed by atoms with E-state index in [1.54, 1.807) is 31.2 Å². The van der Waals surface area contributed by atoms with Crippen molar-refractivity contribution in [2.45, 2.75) is 13.5 Å². The Labute approximate surface area is 151 Å². The van der Waals surface area contributed by atoms with Gasteiger partial charge in [-0.1, -0.05) is 30.3 Å². The Morgan fingerprint density at radius 2 is 1.65 bits per heavy atom. The zero-order valence-electron chi connectivity index (χ0n) is 14.4. The average molecular weight is 352 g/mol. The Morgan fingerprint density at radius 3 is 2.31 bits per heavy atom. The van der Waals surface area contributed by atoms with Crippen LogP contribution in [0.5, 0.6) is 0 Å². The molecule has 2 aromatic rings. The van der Waals surface area contributed by atoms with Gasteiger partial charge in [-0.15, -0.1) is 0 Å². The van der Waals surface area contributed by atoms with Crippen LogP contribution < -0.4 is 10.6 Å². The molecule has 0 aromatic heterocycles. The van der Waals surface area contributed by atoms with E-state index in [0.29, 0.717) is 17.8 Å². The number of nitrogens with one attached hydrogen (secondary N) is 2. The second kappa shape index (κ2) is 9.78. The molecule has 0 radical (unpaired) electrons. The highest BCUT2D eigenvalue weighted by Crippen LogP contribution is 2.10. The van der Waals surface area contributed by atoms with Crippen LogP contribution >= 0.6 is 0 Å². The zero-order chi connectivity index (χ0) is 18.8. The Balaban J connectivity index is 1.86. The van der Waals surface area contributed by atoms with Gasteiger partial charge in [0.2, 0.25) is 5.91 Å². The lowest BCUT2D eigenvalue weighted by atomic mass is 10.1. The van der Waals surface area contributed by atoms with Crippen LogP contribution in [0.4, 0.5) is 5.69 Å². The largest absolute Gasteiger partial charge is 0.463 e. The van der Waals surface area contributed by atoms with Gasteiger partial charge < -0.3 is 15.4 Å². The highest BCUT2D eigenvalue weighted by Gasteiger charge is 2.06. The second-order valence-electron chi connectivity index (χ2n) is 5.32. The number of anilines is 1. The number of carbonyl (C=O) groups is 3.